The molecule has 2 saturated carbocycles. The van der Waals surface area contributed by atoms with E-state index in [4.69, 9.17) is 4.74 Å². The van der Waals surface area contributed by atoms with Crippen LogP contribution in [0.2, 0.25) is 0 Å². The number of ether oxygens (including phenoxy) is 1. The summed E-state index contributed by atoms with van der Waals surface area (Å²) < 4.78 is 64.9. The van der Waals surface area contributed by atoms with Gasteiger partial charge in [0, 0.05) is 37.0 Å². The average Bonchev–Trinajstić information content (AvgIpc) is 3.60. The van der Waals surface area contributed by atoms with Crippen molar-refractivity contribution in [3.63, 3.8) is 0 Å². The number of aliphatic hydroxyl groups is 2. The molecule has 0 radical (unpaired) electrons. The SMILES string of the molecule is COC(=O)C12CCC(NC(=O)c3cn(-c4c(F)cc(F)cc4F)c4nc(N5C[C@@H](O)[C@H](O)C5)c(F)cc4c3=O)(CC1)C2. The van der Waals surface area contributed by atoms with Gasteiger partial charge in [0.25, 0.3) is 5.91 Å². The molecule has 14 heteroatoms. The van der Waals surface area contributed by atoms with Gasteiger partial charge in [-0.15, -0.1) is 0 Å². The van der Waals surface area contributed by atoms with Gasteiger partial charge in [-0.2, -0.15) is 0 Å². The van der Waals surface area contributed by atoms with Crippen LogP contribution in [0, 0.1) is 28.7 Å². The maximum Gasteiger partial charge on any atom is 0.311 e. The minimum absolute atomic E-state index is 0.213. The Kier molecular flexibility index (Phi) is 6.53. The second-order valence-corrected chi connectivity index (χ2v) is 11.3. The van der Waals surface area contributed by atoms with E-state index in [1.54, 1.807) is 0 Å². The van der Waals surface area contributed by atoms with Crippen molar-refractivity contribution in [1.29, 1.82) is 0 Å². The predicted molar refractivity (Wildman–Crippen MR) is 139 cm³/mol. The molecule has 1 amide bonds. The minimum Gasteiger partial charge on any atom is -0.469 e. The van der Waals surface area contributed by atoms with E-state index >= 15 is 13.2 Å². The van der Waals surface area contributed by atoms with Gasteiger partial charge in [-0.05, 0) is 38.2 Å². The first kappa shape index (κ1) is 28.1. The number of amides is 1. The van der Waals surface area contributed by atoms with Crippen molar-refractivity contribution >= 4 is 28.7 Å². The Morgan fingerprint density at radius 1 is 1.00 bits per heavy atom. The zero-order valence-corrected chi connectivity index (χ0v) is 22.3. The van der Waals surface area contributed by atoms with Crippen LogP contribution in [0.25, 0.3) is 16.7 Å². The number of anilines is 1. The third-order valence-electron chi connectivity index (χ3n) is 8.78. The fourth-order valence-corrected chi connectivity index (χ4v) is 6.65. The van der Waals surface area contributed by atoms with Crippen molar-refractivity contribution in [2.75, 3.05) is 25.1 Å². The normalized spacial score (nSPS) is 26.7. The minimum atomic E-state index is -1.38. The van der Waals surface area contributed by atoms with E-state index in [9.17, 15) is 29.0 Å². The monoisotopic (exact) mass is 590 g/mol. The number of carbonyl (C=O) groups excluding carboxylic acids is 2. The number of halogens is 4. The predicted octanol–water partition coefficient (Wildman–Crippen LogP) is 2.09. The maximum atomic E-state index is 15.3. The quantitative estimate of drug-likeness (QED) is 0.304. The van der Waals surface area contributed by atoms with E-state index in [1.165, 1.54) is 12.0 Å². The molecule has 0 spiro atoms. The second-order valence-electron chi connectivity index (χ2n) is 11.3. The third kappa shape index (κ3) is 4.31. The van der Waals surface area contributed by atoms with E-state index in [0.717, 1.165) is 16.8 Å². The lowest BCUT2D eigenvalue weighted by molar-refractivity contribution is -0.152. The highest BCUT2D eigenvalue weighted by atomic mass is 19.1. The number of aliphatic hydroxyl groups excluding tert-OH is 2. The van der Waals surface area contributed by atoms with Gasteiger partial charge in [-0.3, -0.25) is 19.0 Å². The molecule has 3 N–H and O–H groups in total. The van der Waals surface area contributed by atoms with Crippen molar-refractivity contribution in [3.8, 4) is 5.69 Å². The van der Waals surface area contributed by atoms with Crippen molar-refractivity contribution in [2.45, 2.75) is 49.9 Å². The fraction of sp³-hybridized carbons (Fsp3) is 0.429. The lowest BCUT2D eigenvalue weighted by Gasteiger charge is -2.28. The number of β-amino-alcohol motifs (C(OH)–C–C–N with tert-alkyl or cyclic N) is 2. The van der Waals surface area contributed by atoms with Crippen LogP contribution in [0.15, 0.2) is 29.2 Å². The summed E-state index contributed by atoms with van der Waals surface area (Å²) in [4.78, 5) is 44.9. The highest BCUT2D eigenvalue weighted by molar-refractivity contribution is 5.98. The summed E-state index contributed by atoms with van der Waals surface area (Å²) in [6.07, 6.45) is 0.506. The Morgan fingerprint density at radius 3 is 2.21 bits per heavy atom. The molecular weight excluding hydrogens is 564 g/mol. The first-order chi connectivity index (χ1) is 19.9. The first-order valence-electron chi connectivity index (χ1n) is 13.3. The van der Waals surface area contributed by atoms with E-state index in [1.807, 2.05) is 0 Å². The van der Waals surface area contributed by atoms with Gasteiger partial charge in [0.2, 0.25) is 5.43 Å². The summed E-state index contributed by atoms with van der Waals surface area (Å²) in [5, 5.41) is 22.2. The topological polar surface area (TPSA) is 134 Å². The fourth-order valence-electron chi connectivity index (χ4n) is 6.65. The number of hydrogen-bond donors (Lipinski definition) is 3. The Hall–Kier alpha value is -4.04. The molecule has 2 bridgehead atoms. The summed E-state index contributed by atoms with van der Waals surface area (Å²) in [7, 11) is 1.28. The van der Waals surface area contributed by atoms with Crippen LogP contribution in [-0.4, -0.2) is 69.6 Å². The number of nitrogens with zero attached hydrogens (tertiary/aromatic N) is 3. The summed E-state index contributed by atoms with van der Waals surface area (Å²) in [5.74, 6) is -6.72. The molecule has 3 fully saturated rings. The van der Waals surface area contributed by atoms with Gasteiger partial charge in [0.1, 0.15) is 17.1 Å². The highest BCUT2D eigenvalue weighted by Gasteiger charge is 2.59. The summed E-state index contributed by atoms with van der Waals surface area (Å²) >= 11 is 0. The molecule has 2 aromatic heterocycles. The molecule has 1 aliphatic heterocycles. The number of hydrogen-bond acceptors (Lipinski definition) is 8. The van der Waals surface area contributed by atoms with Crippen LogP contribution in [0.1, 0.15) is 42.5 Å². The molecule has 3 heterocycles. The number of methoxy groups -OCH3 is 1. The van der Waals surface area contributed by atoms with Crippen LogP contribution in [0.4, 0.5) is 23.4 Å². The smallest absolute Gasteiger partial charge is 0.311 e. The molecule has 222 valence electrons. The molecule has 10 nitrogen and oxygen atoms in total. The zero-order valence-electron chi connectivity index (χ0n) is 22.3. The molecule has 6 rings (SSSR count). The number of aromatic nitrogens is 2. The largest absolute Gasteiger partial charge is 0.469 e. The van der Waals surface area contributed by atoms with E-state index in [2.05, 4.69) is 10.3 Å². The first-order valence-corrected chi connectivity index (χ1v) is 13.3. The van der Waals surface area contributed by atoms with Crippen LogP contribution < -0.4 is 15.6 Å². The van der Waals surface area contributed by atoms with Crippen molar-refractivity contribution in [3.05, 3.63) is 63.5 Å². The Morgan fingerprint density at radius 2 is 1.62 bits per heavy atom. The van der Waals surface area contributed by atoms with Crippen LogP contribution in [-0.2, 0) is 9.53 Å². The summed E-state index contributed by atoms with van der Waals surface area (Å²) in [6.45, 7) is -0.425. The molecule has 0 unspecified atom stereocenters. The molecule has 3 aromatic rings. The van der Waals surface area contributed by atoms with Gasteiger partial charge < -0.3 is 25.2 Å². The van der Waals surface area contributed by atoms with Gasteiger partial charge in [-0.25, -0.2) is 22.5 Å². The molecule has 1 aromatic carbocycles. The van der Waals surface area contributed by atoms with Gasteiger partial charge >= 0.3 is 5.97 Å². The third-order valence-corrected chi connectivity index (χ3v) is 8.78. The summed E-state index contributed by atoms with van der Waals surface area (Å²) in [6, 6.07) is 1.57. The Bertz CT molecular complexity index is 1670. The second kappa shape index (κ2) is 9.76. The molecule has 2 atom stereocenters. The number of carbonyl (C=O) groups is 2. The van der Waals surface area contributed by atoms with E-state index in [0.29, 0.717) is 37.8 Å². The lowest BCUT2D eigenvalue weighted by atomic mass is 9.84. The number of esters is 1. The van der Waals surface area contributed by atoms with Crippen molar-refractivity contribution in [2.24, 2.45) is 5.41 Å². The van der Waals surface area contributed by atoms with E-state index < -0.39 is 85.9 Å². The lowest BCUT2D eigenvalue weighted by Crippen LogP contribution is -2.46. The molecular formula is C28H26F4N4O6. The van der Waals surface area contributed by atoms with E-state index in [-0.39, 0.29) is 25.5 Å². The van der Waals surface area contributed by atoms with Gasteiger partial charge in [-0.1, -0.05) is 0 Å². The standard InChI is InChI=1S/C28H26F4N4O6/c1-42-26(41)27-2-4-28(12-27,5-3-27)34-25(40)15-9-36(21-16(30)6-13(29)7-17(21)31)23-14(22(15)39)8-18(32)24(33-23)35-10-19(37)20(38)11-35/h6-9,19-20,37-38H,2-5,10-12H2,1H3,(H,34,40)/t19-,20-,27?,28?/m1/s1. The Balaban J connectivity index is 1.49. The van der Waals surface area contributed by atoms with Crippen LogP contribution in [0.3, 0.4) is 0 Å². The number of pyridine rings is 2. The number of nitrogens with one attached hydrogen (secondary N) is 1. The number of benzene rings is 1. The zero-order chi connectivity index (χ0) is 30.1. The molecule has 2 aliphatic carbocycles. The summed E-state index contributed by atoms with van der Waals surface area (Å²) in [5.41, 5.74) is -4.46. The van der Waals surface area contributed by atoms with Gasteiger partial charge in [0.05, 0.1) is 30.1 Å². The molecule has 1 saturated heterocycles. The molecule has 42 heavy (non-hydrogen) atoms. The Labute approximate surface area is 235 Å². The van der Waals surface area contributed by atoms with Crippen LogP contribution in [0.5, 0.6) is 0 Å². The average molecular weight is 591 g/mol. The number of rotatable bonds is 5. The molecule has 3 aliphatic rings. The van der Waals surface area contributed by atoms with Crippen molar-refractivity contribution < 1.29 is 42.1 Å². The number of fused-ring (bicyclic) bond motifs is 3. The highest BCUT2D eigenvalue weighted by Crippen LogP contribution is 2.57. The van der Waals surface area contributed by atoms with Gasteiger partial charge in [0.15, 0.2) is 28.9 Å². The van der Waals surface area contributed by atoms with Crippen LogP contribution >= 0.6 is 0 Å². The van der Waals surface area contributed by atoms with Crippen molar-refractivity contribution in [1.82, 2.24) is 14.9 Å². The maximum absolute atomic E-state index is 15.3.